The molecule has 0 unspecified atom stereocenters. The molecule has 4 N–H and O–H groups in total. The highest BCUT2D eigenvalue weighted by Gasteiger charge is 2.47. The zero-order valence-electron chi connectivity index (χ0n) is 35.1. The minimum Gasteiger partial charge on any atom is -0.479 e. The molecule has 0 radical (unpaired) electrons. The molecule has 1 saturated heterocycles. The van der Waals surface area contributed by atoms with E-state index in [4.69, 9.17) is 18.9 Å². The highest BCUT2D eigenvalue weighted by molar-refractivity contribution is 5.73. The summed E-state index contributed by atoms with van der Waals surface area (Å²) in [7, 11) is 0. The molecule has 0 amide bonds. The standard InChI is InChI=1S/C44H82O11/c1-4-6-8-10-12-13-14-15-16-17-18-23-27-31-37(45)52-33-36(34-53-44-41(49)39(47)40(48)42(55-44)43(50)51)54-38(46)32-28-24-20-19-22-26-30-35(3)29-25-21-11-9-7-5-2/h35-36,39-42,44,47-49H,4-34H2,1-3H3,(H,50,51)/t35-,36-,39+,40+,41-,42+,44+/m1/s1. The molecule has 0 aromatic heterocycles. The Labute approximate surface area is 334 Å². The maximum absolute atomic E-state index is 12.8. The van der Waals surface area contributed by atoms with Gasteiger partial charge in [-0.05, 0) is 18.8 Å². The fourth-order valence-electron chi connectivity index (χ4n) is 7.18. The van der Waals surface area contributed by atoms with Gasteiger partial charge in [0.15, 0.2) is 18.5 Å². The Morgan fingerprint density at radius 2 is 0.964 bits per heavy atom. The zero-order valence-corrected chi connectivity index (χ0v) is 35.1. The number of aliphatic hydroxyl groups is 3. The maximum Gasteiger partial charge on any atom is 0.335 e. The van der Waals surface area contributed by atoms with Gasteiger partial charge in [0.25, 0.3) is 0 Å². The van der Waals surface area contributed by atoms with E-state index in [0.29, 0.717) is 12.8 Å². The Kier molecular flexibility index (Phi) is 31.9. The number of carbonyl (C=O) groups excluding carboxylic acids is 2. The summed E-state index contributed by atoms with van der Waals surface area (Å²) >= 11 is 0. The smallest absolute Gasteiger partial charge is 0.335 e. The number of hydrogen-bond acceptors (Lipinski definition) is 10. The lowest BCUT2D eigenvalue weighted by atomic mass is 9.96. The van der Waals surface area contributed by atoms with Gasteiger partial charge in [-0.1, -0.05) is 181 Å². The molecular weight excluding hydrogens is 704 g/mol. The van der Waals surface area contributed by atoms with E-state index in [2.05, 4.69) is 20.8 Å². The molecule has 1 aliphatic rings. The molecule has 0 spiro atoms. The van der Waals surface area contributed by atoms with Gasteiger partial charge in [0.1, 0.15) is 24.9 Å². The molecule has 11 heteroatoms. The fraction of sp³-hybridized carbons (Fsp3) is 0.932. The molecule has 7 atom stereocenters. The van der Waals surface area contributed by atoms with Crippen molar-refractivity contribution in [3.8, 4) is 0 Å². The molecule has 0 aromatic rings. The molecule has 1 rings (SSSR count). The van der Waals surface area contributed by atoms with Gasteiger partial charge >= 0.3 is 17.9 Å². The Morgan fingerprint density at radius 3 is 1.42 bits per heavy atom. The van der Waals surface area contributed by atoms with E-state index in [9.17, 15) is 34.8 Å². The molecule has 1 aliphatic heterocycles. The minimum absolute atomic E-state index is 0.188. The minimum atomic E-state index is -1.86. The van der Waals surface area contributed by atoms with E-state index >= 15 is 0 Å². The molecule has 55 heavy (non-hydrogen) atoms. The van der Waals surface area contributed by atoms with Crippen LogP contribution in [-0.4, -0.2) is 88.4 Å². The summed E-state index contributed by atoms with van der Waals surface area (Å²) in [4.78, 5) is 36.8. The van der Waals surface area contributed by atoms with Crippen molar-refractivity contribution in [2.24, 2.45) is 5.92 Å². The number of carbonyl (C=O) groups is 3. The van der Waals surface area contributed by atoms with E-state index in [1.54, 1.807) is 0 Å². The lowest BCUT2D eigenvalue weighted by molar-refractivity contribution is -0.298. The number of unbranched alkanes of at least 4 members (excludes halogenated alkanes) is 22. The number of ether oxygens (including phenoxy) is 4. The number of aliphatic carboxylic acids is 1. The molecule has 324 valence electrons. The van der Waals surface area contributed by atoms with E-state index < -0.39 is 54.7 Å². The molecule has 1 heterocycles. The SMILES string of the molecule is CCCCCCCCCCCCCCCC(=O)OC[C@H](CO[C@H]1O[C@H](C(=O)O)[C@@H](O)[C@H](O)[C@H]1O)OC(=O)CCCCCCCC[C@H](C)CCCCCCCC. The molecule has 1 fully saturated rings. The van der Waals surface area contributed by atoms with Gasteiger partial charge in [-0.15, -0.1) is 0 Å². The van der Waals surface area contributed by atoms with Crippen LogP contribution < -0.4 is 0 Å². The van der Waals surface area contributed by atoms with Crippen LogP contribution in [0.25, 0.3) is 0 Å². The van der Waals surface area contributed by atoms with Crippen LogP contribution in [0, 0.1) is 5.92 Å². The molecule has 11 nitrogen and oxygen atoms in total. The first-order chi connectivity index (χ1) is 26.6. The van der Waals surface area contributed by atoms with Crippen LogP contribution in [-0.2, 0) is 33.3 Å². The van der Waals surface area contributed by atoms with Gasteiger partial charge in [0.2, 0.25) is 0 Å². The molecule has 0 aliphatic carbocycles. The molecule has 0 saturated carbocycles. The highest BCUT2D eigenvalue weighted by Crippen LogP contribution is 2.23. The topological polar surface area (TPSA) is 169 Å². The normalized spacial score (nSPS) is 20.9. The van der Waals surface area contributed by atoms with Crippen molar-refractivity contribution in [3.63, 3.8) is 0 Å². The number of carboxylic acids is 1. The summed E-state index contributed by atoms with van der Waals surface area (Å²) in [6.07, 6.45) is 22.9. The van der Waals surface area contributed by atoms with Crippen molar-refractivity contribution >= 4 is 17.9 Å². The van der Waals surface area contributed by atoms with Crippen LogP contribution >= 0.6 is 0 Å². The van der Waals surface area contributed by atoms with E-state index in [0.717, 1.165) is 44.4 Å². The first kappa shape index (κ1) is 51.2. The Balaban J connectivity index is 2.39. The third-order valence-corrected chi connectivity index (χ3v) is 10.9. The lowest BCUT2D eigenvalue weighted by Gasteiger charge is -2.38. The van der Waals surface area contributed by atoms with Gasteiger partial charge in [0.05, 0.1) is 6.61 Å². The van der Waals surface area contributed by atoms with Crippen molar-refractivity contribution in [2.75, 3.05) is 13.2 Å². The summed E-state index contributed by atoms with van der Waals surface area (Å²) in [6, 6.07) is 0. The van der Waals surface area contributed by atoms with Gasteiger partial charge in [-0.2, -0.15) is 0 Å². The van der Waals surface area contributed by atoms with Crippen molar-refractivity contribution in [1.82, 2.24) is 0 Å². The average molecular weight is 787 g/mol. The summed E-state index contributed by atoms with van der Waals surface area (Å²) < 4.78 is 21.8. The summed E-state index contributed by atoms with van der Waals surface area (Å²) in [5.41, 5.74) is 0. The summed E-state index contributed by atoms with van der Waals surface area (Å²) in [6.45, 7) is 6.19. The second kappa shape index (κ2) is 34.3. The fourth-order valence-corrected chi connectivity index (χ4v) is 7.18. The molecule has 0 aromatic carbocycles. The quantitative estimate of drug-likeness (QED) is 0.0350. The van der Waals surface area contributed by atoms with Crippen LogP contribution in [0.4, 0.5) is 0 Å². The van der Waals surface area contributed by atoms with E-state index in [1.165, 1.54) is 122 Å². The van der Waals surface area contributed by atoms with E-state index in [-0.39, 0.29) is 26.1 Å². The number of carboxylic acid groups (broad SMARTS) is 1. The van der Waals surface area contributed by atoms with Crippen molar-refractivity contribution in [3.05, 3.63) is 0 Å². The third kappa shape index (κ3) is 26.7. The van der Waals surface area contributed by atoms with Gasteiger partial charge in [0, 0.05) is 12.8 Å². The van der Waals surface area contributed by atoms with Crippen molar-refractivity contribution in [1.29, 1.82) is 0 Å². The first-order valence-electron chi connectivity index (χ1n) is 22.5. The van der Waals surface area contributed by atoms with Crippen LogP contribution in [0.15, 0.2) is 0 Å². The predicted octanol–water partition coefficient (Wildman–Crippen LogP) is 9.34. The number of hydrogen-bond donors (Lipinski definition) is 4. The van der Waals surface area contributed by atoms with Crippen LogP contribution in [0.5, 0.6) is 0 Å². The maximum atomic E-state index is 12.8. The Bertz CT molecular complexity index is 947. The number of aliphatic hydroxyl groups excluding tert-OH is 3. The van der Waals surface area contributed by atoms with Crippen LogP contribution in [0.2, 0.25) is 0 Å². The second-order valence-electron chi connectivity index (χ2n) is 16.2. The Hall–Kier alpha value is -1.79. The monoisotopic (exact) mass is 787 g/mol. The molecule has 0 bridgehead atoms. The first-order valence-corrected chi connectivity index (χ1v) is 22.5. The van der Waals surface area contributed by atoms with Gasteiger partial charge in [-0.25, -0.2) is 4.79 Å². The van der Waals surface area contributed by atoms with Crippen molar-refractivity contribution < 1.29 is 53.8 Å². The molecular formula is C44H82O11. The van der Waals surface area contributed by atoms with Gasteiger partial charge in [-0.3, -0.25) is 9.59 Å². The number of rotatable bonds is 37. The predicted molar refractivity (Wildman–Crippen MR) is 216 cm³/mol. The summed E-state index contributed by atoms with van der Waals surface area (Å²) in [5.74, 6) is -1.65. The zero-order chi connectivity index (χ0) is 40.5. The van der Waals surface area contributed by atoms with Crippen molar-refractivity contribution in [2.45, 2.75) is 244 Å². The third-order valence-electron chi connectivity index (χ3n) is 10.9. The lowest BCUT2D eigenvalue weighted by Crippen LogP contribution is -2.60. The second-order valence-corrected chi connectivity index (χ2v) is 16.2. The average Bonchev–Trinajstić information content (AvgIpc) is 3.16. The number of esters is 2. The largest absolute Gasteiger partial charge is 0.479 e. The Morgan fingerprint density at radius 1 is 0.545 bits per heavy atom. The summed E-state index contributed by atoms with van der Waals surface area (Å²) in [5, 5.41) is 39.8. The van der Waals surface area contributed by atoms with Crippen LogP contribution in [0.1, 0.15) is 207 Å². The van der Waals surface area contributed by atoms with E-state index in [1.807, 2.05) is 0 Å². The highest BCUT2D eigenvalue weighted by atomic mass is 16.7. The van der Waals surface area contributed by atoms with Gasteiger partial charge < -0.3 is 39.4 Å². The van der Waals surface area contributed by atoms with Crippen LogP contribution in [0.3, 0.4) is 0 Å².